The van der Waals surface area contributed by atoms with Crippen molar-refractivity contribution in [3.63, 3.8) is 0 Å². The minimum absolute atomic E-state index is 0.0131. The van der Waals surface area contributed by atoms with E-state index in [1.165, 1.54) is 4.90 Å². The van der Waals surface area contributed by atoms with Crippen LogP contribution in [-0.4, -0.2) is 35.0 Å². The van der Waals surface area contributed by atoms with Crippen LogP contribution in [0.3, 0.4) is 0 Å². The number of nitrogens with zero attached hydrogens (tertiary/aromatic N) is 1. The van der Waals surface area contributed by atoms with Gasteiger partial charge >= 0.3 is 5.97 Å². The number of aliphatic carboxylic acids is 1. The molecule has 13 heavy (non-hydrogen) atoms. The molecule has 1 atom stereocenters. The van der Waals surface area contributed by atoms with Crippen LogP contribution in [0.15, 0.2) is 0 Å². The highest BCUT2D eigenvalue weighted by atomic mass is 16.4. The largest absolute Gasteiger partial charge is 0.480 e. The molecule has 1 fully saturated rings. The summed E-state index contributed by atoms with van der Waals surface area (Å²) in [6, 6.07) is 0. The van der Waals surface area contributed by atoms with Crippen LogP contribution < -0.4 is 0 Å². The topological polar surface area (TPSA) is 57.6 Å². The van der Waals surface area contributed by atoms with Crippen molar-refractivity contribution in [2.24, 2.45) is 5.92 Å². The number of rotatable bonds is 4. The number of carboxylic acids is 1. The SMILES string of the molecule is CCCC1CC(=O)N(CC(=O)O)C1. The minimum atomic E-state index is -0.925. The molecule has 1 saturated heterocycles. The number of amides is 1. The number of hydrogen-bond acceptors (Lipinski definition) is 2. The highest BCUT2D eigenvalue weighted by Gasteiger charge is 2.29. The molecule has 0 saturated carbocycles. The first-order valence-corrected chi connectivity index (χ1v) is 4.63. The molecule has 74 valence electrons. The lowest BCUT2D eigenvalue weighted by Gasteiger charge is -2.12. The Labute approximate surface area is 77.5 Å². The third-order valence-corrected chi connectivity index (χ3v) is 2.32. The molecule has 1 unspecified atom stereocenters. The summed E-state index contributed by atoms with van der Waals surface area (Å²) in [7, 11) is 0. The molecule has 0 spiro atoms. The zero-order valence-electron chi connectivity index (χ0n) is 7.82. The van der Waals surface area contributed by atoms with Crippen LogP contribution in [0.25, 0.3) is 0 Å². The van der Waals surface area contributed by atoms with E-state index in [0.29, 0.717) is 18.9 Å². The van der Waals surface area contributed by atoms with Crippen molar-refractivity contribution in [2.45, 2.75) is 26.2 Å². The van der Waals surface area contributed by atoms with Crippen molar-refractivity contribution in [2.75, 3.05) is 13.1 Å². The summed E-state index contributed by atoms with van der Waals surface area (Å²) < 4.78 is 0. The predicted octanol–water partition coefficient (Wildman–Crippen LogP) is 0.720. The number of hydrogen-bond donors (Lipinski definition) is 1. The van der Waals surface area contributed by atoms with Crippen molar-refractivity contribution in [3.05, 3.63) is 0 Å². The van der Waals surface area contributed by atoms with E-state index in [1.54, 1.807) is 0 Å². The Morgan fingerprint density at radius 1 is 1.69 bits per heavy atom. The van der Waals surface area contributed by atoms with Crippen LogP contribution in [-0.2, 0) is 9.59 Å². The monoisotopic (exact) mass is 185 g/mol. The molecule has 0 aromatic carbocycles. The first-order valence-electron chi connectivity index (χ1n) is 4.63. The molecule has 4 nitrogen and oxygen atoms in total. The summed E-state index contributed by atoms with van der Waals surface area (Å²) in [5.74, 6) is -0.566. The Balaban J connectivity index is 2.41. The van der Waals surface area contributed by atoms with Crippen molar-refractivity contribution in [1.82, 2.24) is 4.90 Å². The van der Waals surface area contributed by atoms with Crippen LogP contribution >= 0.6 is 0 Å². The first-order chi connectivity index (χ1) is 6.13. The Morgan fingerprint density at radius 3 is 2.92 bits per heavy atom. The average molecular weight is 185 g/mol. The maximum atomic E-state index is 11.3. The summed E-state index contributed by atoms with van der Waals surface area (Å²) in [5, 5.41) is 8.51. The third kappa shape index (κ3) is 2.72. The second kappa shape index (κ2) is 4.25. The van der Waals surface area contributed by atoms with E-state index in [-0.39, 0.29) is 12.5 Å². The predicted molar refractivity (Wildman–Crippen MR) is 47.2 cm³/mol. The van der Waals surface area contributed by atoms with Crippen LogP contribution in [0.4, 0.5) is 0 Å². The molecule has 1 amide bonds. The van der Waals surface area contributed by atoms with Gasteiger partial charge in [0.05, 0.1) is 0 Å². The minimum Gasteiger partial charge on any atom is -0.480 e. The molecule has 1 rings (SSSR count). The van der Waals surface area contributed by atoms with Gasteiger partial charge < -0.3 is 10.0 Å². The van der Waals surface area contributed by atoms with Gasteiger partial charge in [-0.1, -0.05) is 13.3 Å². The Bertz CT molecular complexity index is 215. The molecule has 0 aliphatic carbocycles. The van der Waals surface area contributed by atoms with E-state index < -0.39 is 5.97 Å². The fourth-order valence-corrected chi connectivity index (χ4v) is 1.77. The number of likely N-dealkylation sites (tertiary alicyclic amines) is 1. The average Bonchev–Trinajstić information content (AvgIpc) is 2.31. The molecular weight excluding hydrogens is 170 g/mol. The van der Waals surface area contributed by atoms with Crippen molar-refractivity contribution in [3.8, 4) is 0 Å². The van der Waals surface area contributed by atoms with Gasteiger partial charge in [-0.3, -0.25) is 9.59 Å². The lowest BCUT2D eigenvalue weighted by Crippen LogP contribution is -2.31. The smallest absolute Gasteiger partial charge is 0.323 e. The van der Waals surface area contributed by atoms with E-state index in [1.807, 2.05) is 0 Å². The van der Waals surface area contributed by atoms with E-state index in [9.17, 15) is 9.59 Å². The van der Waals surface area contributed by atoms with E-state index in [2.05, 4.69) is 6.92 Å². The van der Waals surface area contributed by atoms with Crippen molar-refractivity contribution in [1.29, 1.82) is 0 Å². The quantitative estimate of drug-likeness (QED) is 0.702. The molecule has 1 heterocycles. The molecule has 0 bridgehead atoms. The van der Waals surface area contributed by atoms with Crippen molar-refractivity contribution >= 4 is 11.9 Å². The third-order valence-electron chi connectivity index (χ3n) is 2.32. The summed E-state index contributed by atoms with van der Waals surface area (Å²) in [5.41, 5.74) is 0. The van der Waals surface area contributed by atoms with Crippen LogP contribution in [0.5, 0.6) is 0 Å². The van der Waals surface area contributed by atoms with Gasteiger partial charge in [0.2, 0.25) is 5.91 Å². The molecule has 1 N–H and O–H groups in total. The highest BCUT2D eigenvalue weighted by Crippen LogP contribution is 2.21. The molecule has 0 aromatic rings. The summed E-state index contributed by atoms with van der Waals surface area (Å²) in [6.07, 6.45) is 2.60. The van der Waals surface area contributed by atoms with Crippen LogP contribution in [0.2, 0.25) is 0 Å². The zero-order valence-corrected chi connectivity index (χ0v) is 7.82. The highest BCUT2D eigenvalue weighted by molar-refractivity contribution is 5.83. The number of carbonyl (C=O) groups excluding carboxylic acids is 1. The van der Waals surface area contributed by atoms with Gasteiger partial charge in [-0.2, -0.15) is 0 Å². The maximum absolute atomic E-state index is 11.3. The number of carbonyl (C=O) groups is 2. The second-order valence-electron chi connectivity index (χ2n) is 3.53. The Hall–Kier alpha value is -1.06. The van der Waals surface area contributed by atoms with Gasteiger partial charge in [-0.25, -0.2) is 0 Å². The normalized spacial score (nSPS) is 22.4. The molecule has 1 aliphatic rings. The molecule has 0 aromatic heterocycles. The number of carboxylic acid groups (broad SMARTS) is 1. The first kappa shape index (κ1) is 10.0. The van der Waals surface area contributed by atoms with Gasteiger partial charge in [-0.15, -0.1) is 0 Å². The maximum Gasteiger partial charge on any atom is 0.323 e. The molecule has 1 aliphatic heterocycles. The molecule has 4 heteroatoms. The fraction of sp³-hybridized carbons (Fsp3) is 0.778. The van der Waals surface area contributed by atoms with Crippen LogP contribution in [0, 0.1) is 5.92 Å². The standard InChI is InChI=1S/C9H15NO3/c1-2-3-7-4-8(11)10(5-7)6-9(12)13/h7H,2-6H2,1H3,(H,12,13). The second-order valence-corrected chi connectivity index (χ2v) is 3.53. The van der Waals surface area contributed by atoms with E-state index in [0.717, 1.165) is 12.8 Å². The lowest BCUT2D eigenvalue weighted by molar-refractivity contribution is -0.142. The van der Waals surface area contributed by atoms with Gasteiger partial charge in [0, 0.05) is 13.0 Å². The van der Waals surface area contributed by atoms with E-state index in [4.69, 9.17) is 5.11 Å². The van der Waals surface area contributed by atoms with Crippen LogP contribution in [0.1, 0.15) is 26.2 Å². The van der Waals surface area contributed by atoms with E-state index >= 15 is 0 Å². The van der Waals surface area contributed by atoms with Gasteiger partial charge in [-0.05, 0) is 12.3 Å². The van der Waals surface area contributed by atoms with Gasteiger partial charge in [0.15, 0.2) is 0 Å². The summed E-state index contributed by atoms with van der Waals surface area (Å²) >= 11 is 0. The van der Waals surface area contributed by atoms with Gasteiger partial charge in [0.25, 0.3) is 0 Å². The van der Waals surface area contributed by atoms with Gasteiger partial charge in [0.1, 0.15) is 6.54 Å². The van der Waals surface area contributed by atoms with Crippen molar-refractivity contribution < 1.29 is 14.7 Å². The lowest BCUT2D eigenvalue weighted by atomic mass is 10.0. The zero-order chi connectivity index (χ0) is 9.84. The summed E-state index contributed by atoms with van der Waals surface area (Å²) in [4.78, 5) is 23.1. The summed E-state index contributed by atoms with van der Waals surface area (Å²) in [6.45, 7) is 2.56. The Kier molecular flexibility index (Phi) is 3.28. The molecule has 0 radical (unpaired) electrons. The molecular formula is C9H15NO3. The Morgan fingerprint density at radius 2 is 2.38 bits per heavy atom. The fourth-order valence-electron chi connectivity index (χ4n) is 1.77.